The van der Waals surface area contributed by atoms with E-state index in [0.717, 1.165) is 21.7 Å². The Kier molecular flexibility index (Phi) is 4.32. The fourth-order valence-corrected chi connectivity index (χ4v) is 2.41. The highest BCUT2D eigenvalue weighted by molar-refractivity contribution is 9.10. The van der Waals surface area contributed by atoms with Crippen molar-refractivity contribution in [1.29, 1.82) is 0 Å². The van der Waals surface area contributed by atoms with Gasteiger partial charge in [0.2, 0.25) is 0 Å². The molecule has 0 amide bonds. The van der Waals surface area contributed by atoms with Crippen LogP contribution in [0.2, 0.25) is 0 Å². The van der Waals surface area contributed by atoms with Crippen molar-refractivity contribution < 1.29 is 13.9 Å². The van der Waals surface area contributed by atoms with Gasteiger partial charge >= 0.3 is 0 Å². The highest BCUT2D eigenvalue weighted by Gasteiger charge is 2.13. The molecule has 0 aliphatic rings. The monoisotopic (exact) mass is 326 g/mol. The van der Waals surface area contributed by atoms with Crippen LogP contribution in [0.4, 0.5) is 8.78 Å². The maximum absolute atomic E-state index is 13.1. The van der Waals surface area contributed by atoms with E-state index >= 15 is 0 Å². The van der Waals surface area contributed by atoms with Crippen LogP contribution >= 0.6 is 15.9 Å². The number of aryl methyl sites for hydroxylation is 1. The van der Waals surface area contributed by atoms with Gasteiger partial charge in [0, 0.05) is 17.0 Å². The molecule has 2 aromatic rings. The Morgan fingerprint density at radius 3 is 2.37 bits per heavy atom. The van der Waals surface area contributed by atoms with Crippen LogP contribution in [-0.2, 0) is 6.42 Å². The molecule has 0 fully saturated rings. The summed E-state index contributed by atoms with van der Waals surface area (Å²) in [6.45, 7) is 1.89. The van der Waals surface area contributed by atoms with Crippen LogP contribution in [-0.4, -0.2) is 5.11 Å². The topological polar surface area (TPSA) is 20.2 Å². The van der Waals surface area contributed by atoms with Crippen molar-refractivity contribution in [2.45, 2.75) is 19.4 Å². The number of aliphatic hydroxyl groups is 1. The molecular weight excluding hydrogens is 314 g/mol. The van der Waals surface area contributed by atoms with Crippen molar-refractivity contribution in [3.8, 4) is 0 Å². The zero-order valence-corrected chi connectivity index (χ0v) is 11.9. The van der Waals surface area contributed by atoms with Crippen LogP contribution in [0.3, 0.4) is 0 Å². The lowest BCUT2D eigenvalue weighted by atomic mass is 9.98. The van der Waals surface area contributed by atoms with E-state index in [-0.39, 0.29) is 6.42 Å². The lowest BCUT2D eigenvalue weighted by Gasteiger charge is -2.14. The summed E-state index contributed by atoms with van der Waals surface area (Å²) in [5.41, 5.74) is 2.12. The van der Waals surface area contributed by atoms with Gasteiger partial charge in [-0.1, -0.05) is 22.0 Å². The Bertz CT molecular complexity index is 578. The van der Waals surface area contributed by atoms with E-state index in [2.05, 4.69) is 15.9 Å². The Morgan fingerprint density at radius 1 is 1.11 bits per heavy atom. The number of rotatable bonds is 3. The molecule has 4 heteroatoms. The third-order valence-corrected chi connectivity index (χ3v) is 3.44. The van der Waals surface area contributed by atoms with Crippen molar-refractivity contribution in [3.05, 3.63) is 69.2 Å². The number of aliphatic hydroxyl groups excluding tert-OH is 1. The molecule has 0 radical (unpaired) electrons. The van der Waals surface area contributed by atoms with Crippen LogP contribution in [0.5, 0.6) is 0 Å². The maximum Gasteiger partial charge on any atom is 0.126 e. The van der Waals surface area contributed by atoms with Crippen molar-refractivity contribution >= 4 is 15.9 Å². The van der Waals surface area contributed by atoms with E-state index in [9.17, 15) is 13.9 Å². The lowest BCUT2D eigenvalue weighted by molar-refractivity contribution is 0.177. The lowest BCUT2D eigenvalue weighted by Crippen LogP contribution is -2.04. The first-order valence-corrected chi connectivity index (χ1v) is 6.64. The van der Waals surface area contributed by atoms with Gasteiger partial charge in [0.15, 0.2) is 0 Å². The van der Waals surface area contributed by atoms with Crippen molar-refractivity contribution in [1.82, 2.24) is 0 Å². The molecule has 1 atom stereocenters. The second-order valence-corrected chi connectivity index (χ2v) is 5.41. The van der Waals surface area contributed by atoms with Crippen molar-refractivity contribution in [2.75, 3.05) is 0 Å². The van der Waals surface area contributed by atoms with Gasteiger partial charge in [-0.05, 0) is 47.9 Å². The molecule has 0 aromatic heterocycles. The predicted octanol–water partition coefficient (Wildman–Crippen LogP) is 4.31. The van der Waals surface area contributed by atoms with E-state index in [1.807, 2.05) is 25.1 Å². The van der Waals surface area contributed by atoms with Crippen LogP contribution in [0.15, 0.2) is 40.9 Å². The highest BCUT2D eigenvalue weighted by atomic mass is 79.9. The van der Waals surface area contributed by atoms with Crippen LogP contribution in [0.1, 0.15) is 22.8 Å². The molecule has 0 aliphatic carbocycles. The van der Waals surface area contributed by atoms with Crippen LogP contribution in [0, 0.1) is 18.6 Å². The molecule has 0 saturated carbocycles. The van der Waals surface area contributed by atoms with Gasteiger partial charge in [0.25, 0.3) is 0 Å². The smallest absolute Gasteiger partial charge is 0.126 e. The van der Waals surface area contributed by atoms with Gasteiger partial charge in [-0.3, -0.25) is 0 Å². The summed E-state index contributed by atoms with van der Waals surface area (Å²) in [5.74, 6) is -1.26. The Hall–Kier alpha value is -1.26. The third-order valence-electron chi connectivity index (χ3n) is 2.95. The molecule has 0 heterocycles. The molecule has 2 rings (SSSR count). The van der Waals surface area contributed by atoms with Gasteiger partial charge in [-0.2, -0.15) is 0 Å². The fraction of sp³-hybridized carbons (Fsp3) is 0.200. The zero-order chi connectivity index (χ0) is 14.0. The molecule has 1 unspecified atom stereocenters. The first kappa shape index (κ1) is 14.2. The summed E-state index contributed by atoms with van der Waals surface area (Å²) < 4.78 is 27.0. The second-order valence-electron chi connectivity index (χ2n) is 4.50. The molecule has 0 aliphatic heterocycles. The summed E-state index contributed by atoms with van der Waals surface area (Å²) in [6.07, 6.45) is -0.620. The number of hydrogen-bond donors (Lipinski definition) is 1. The Labute approximate surface area is 119 Å². The molecule has 1 N–H and O–H groups in total. The molecular formula is C15H13BrF2O. The van der Waals surface area contributed by atoms with Gasteiger partial charge in [-0.15, -0.1) is 0 Å². The van der Waals surface area contributed by atoms with Gasteiger partial charge in [-0.25, -0.2) is 8.78 Å². The summed E-state index contributed by atoms with van der Waals surface area (Å²) in [6, 6.07) is 8.87. The minimum absolute atomic E-state index is 0.173. The summed E-state index contributed by atoms with van der Waals surface area (Å²) >= 11 is 3.34. The first-order chi connectivity index (χ1) is 8.95. The van der Waals surface area contributed by atoms with Crippen LogP contribution < -0.4 is 0 Å². The molecule has 0 saturated heterocycles. The molecule has 100 valence electrons. The third kappa shape index (κ3) is 3.61. The van der Waals surface area contributed by atoms with Crippen molar-refractivity contribution in [2.24, 2.45) is 0 Å². The number of hydrogen-bond acceptors (Lipinski definition) is 1. The molecule has 1 nitrogen and oxygen atoms in total. The average molecular weight is 327 g/mol. The standard InChI is InChI=1S/C15H13BrF2O/c1-9-2-3-11(16)7-14(9)15(19)6-10-4-12(17)8-13(18)5-10/h2-5,7-8,15,19H,6H2,1H3. The minimum atomic E-state index is -0.793. The normalized spacial score (nSPS) is 12.5. The van der Waals surface area contributed by atoms with Gasteiger partial charge in [0.05, 0.1) is 6.10 Å². The Morgan fingerprint density at radius 2 is 1.74 bits per heavy atom. The van der Waals surface area contributed by atoms with E-state index in [4.69, 9.17) is 0 Å². The molecule has 2 aromatic carbocycles. The minimum Gasteiger partial charge on any atom is -0.388 e. The average Bonchev–Trinajstić information content (AvgIpc) is 2.30. The predicted molar refractivity (Wildman–Crippen MR) is 73.9 cm³/mol. The second kappa shape index (κ2) is 5.80. The van der Waals surface area contributed by atoms with E-state index in [0.29, 0.717) is 5.56 Å². The summed E-state index contributed by atoms with van der Waals surface area (Å²) in [4.78, 5) is 0. The maximum atomic E-state index is 13.1. The molecule has 0 bridgehead atoms. The van der Waals surface area contributed by atoms with E-state index < -0.39 is 17.7 Å². The SMILES string of the molecule is Cc1ccc(Br)cc1C(O)Cc1cc(F)cc(F)c1. The quantitative estimate of drug-likeness (QED) is 0.891. The fourth-order valence-electron chi connectivity index (χ4n) is 2.03. The van der Waals surface area contributed by atoms with Gasteiger partial charge in [0.1, 0.15) is 11.6 Å². The highest BCUT2D eigenvalue weighted by Crippen LogP contribution is 2.25. The van der Waals surface area contributed by atoms with E-state index in [1.165, 1.54) is 12.1 Å². The molecule has 19 heavy (non-hydrogen) atoms. The van der Waals surface area contributed by atoms with Crippen molar-refractivity contribution in [3.63, 3.8) is 0 Å². The first-order valence-electron chi connectivity index (χ1n) is 5.85. The largest absolute Gasteiger partial charge is 0.388 e. The summed E-state index contributed by atoms with van der Waals surface area (Å²) in [7, 11) is 0. The number of benzene rings is 2. The van der Waals surface area contributed by atoms with Gasteiger partial charge < -0.3 is 5.11 Å². The number of halogens is 3. The molecule has 0 spiro atoms. The van der Waals surface area contributed by atoms with Crippen LogP contribution in [0.25, 0.3) is 0 Å². The summed E-state index contributed by atoms with van der Waals surface area (Å²) in [5, 5.41) is 10.2. The zero-order valence-electron chi connectivity index (χ0n) is 10.3. The Balaban J connectivity index is 2.25. The van der Waals surface area contributed by atoms with E-state index in [1.54, 1.807) is 0 Å².